The maximum Gasteiger partial charge on any atom is 0.272 e. The lowest BCUT2D eigenvalue weighted by atomic mass is 10.2. The summed E-state index contributed by atoms with van der Waals surface area (Å²) in [5, 5.41) is 4.42. The van der Waals surface area contributed by atoms with Crippen molar-refractivity contribution in [3.63, 3.8) is 0 Å². The summed E-state index contributed by atoms with van der Waals surface area (Å²) in [4.78, 5) is 15.5. The number of aromatic nitrogens is 1. The molecule has 0 radical (unpaired) electrons. The molecular weight excluding hydrogens is 250 g/mol. The van der Waals surface area contributed by atoms with E-state index in [1.54, 1.807) is 24.4 Å². The number of amides is 1. The number of rotatable bonds is 3. The minimum absolute atomic E-state index is 0.314. The van der Waals surface area contributed by atoms with Gasteiger partial charge in [-0.15, -0.1) is 0 Å². The van der Waals surface area contributed by atoms with Crippen LogP contribution in [0, 0.1) is 0 Å². The van der Waals surface area contributed by atoms with Gasteiger partial charge in [-0.25, -0.2) is 5.43 Å². The lowest BCUT2D eigenvalue weighted by molar-refractivity contribution is 0.0955. The minimum atomic E-state index is -0.314. The van der Waals surface area contributed by atoms with Crippen LogP contribution in [0.25, 0.3) is 0 Å². The van der Waals surface area contributed by atoms with Crippen LogP contribution < -0.4 is 5.43 Å². The molecule has 1 N–H and O–H groups in total. The Bertz CT molecular complexity index is 569. The summed E-state index contributed by atoms with van der Waals surface area (Å²) >= 11 is 5.94. The van der Waals surface area contributed by atoms with Crippen LogP contribution in [0.15, 0.2) is 53.9 Å². The summed E-state index contributed by atoms with van der Waals surface area (Å²) in [7, 11) is 0. The summed E-state index contributed by atoms with van der Waals surface area (Å²) < 4.78 is 0. The smallest absolute Gasteiger partial charge is 0.267 e. The van der Waals surface area contributed by atoms with Crippen LogP contribution in [0.3, 0.4) is 0 Å². The van der Waals surface area contributed by atoms with Gasteiger partial charge in [-0.2, -0.15) is 5.10 Å². The van der Waals surface area contributed by atoms with Crippen molar-refractivity contribution in [1.82, 2.24) is 10.4 Å². The number of nitrogens with one attached hydrogen (secondary N) is 1. The van der Waals surface area contributed by atoms with E-state index in [1.165, 1.54) is 12.4 Å². The summed E-state index contributed by atoms with van der Waals surface area (Å²) in [6.07, 6.45) is 4.57. The van der Waals surface area contributed by atoms with Gasteiger partial charge in [0.1, 0.15) is 0 Å². The average molecular weight is 260 g/mol. The third kappa shape index (κ3) is 3.15. The molecular formula is C13H10ClN3O. The van der Waals surface area contributed by atoms with E-state index in [-0.39, 0.29) is 5.91 Å². The fourth-order valence-corrected chi connectivity index (χ4v) is 1.49. The average Bonchev–Trinajstić information content (AvgIpc) is 2.42. The van der Waals surface area contributed by atoms with Crippen LogP contribution in [0.2, 0.25) is 5.02 Å². The monoisotopic (exact) mass is 259 g/mol. The third-order valence-corrected chi connectivity index (χ3v) is 2.54. The van der Waals surface area contributed by atoms with Gasteiger partial charge >= 0.3 is 0 Å². The van der Waals surface area contributed by atoms with E-state index in [0.717, 1.165) is 5.56 Å². The highest BCUT2D eigenvalue weighted by Gasteiger charge is 2.02. The SMILES string of the molecule is O=C(NN=Cc1ccccc1Cl)c1cccnc1. The number of carbonyl (C=O) groups is 1. The molecule has 0 saturated carbocycles. The van der Waals surface area contributed by atoms with Gasteiger partial charge in [-0.05, 0) is 18.2 Å². The normalized spacial score (nSPS) is 10.5. The number of benzene rings is 1. The van der Waals surface area contributed by atoms with E-state index in [0.29, 0.717) is 10.6 Å². The van der Waals surface area contributed by atoms with Crippen molar-refractivity contribution in [2.75, 3.05) is 0 Å². The quantitative estimate of drug-likeness (QED) is 0.680. The first-order chi connectivity index (χ1) is 8.77. The first-order valence-electron chi connectivity index (χ1n) is 5.25. The molecule has 1 heterocycles. The maximum atomic E-state index is 11.6. The van der Waals surface area contributed by atoms with Crippen LogP contribution in [0.5, 0.6) is 0 Å². The van der Waals surface area contributed by atoms with Crippen LogP contribution in [0.4, 0.5) is 0 Å². The second-order valence-corrected chi connectivity index (χ2v) is 3.87. The van der Waals surface area contributed by atoms with E-state index in [4.69, 9.17) is 11.6 Å². The zero-order chi connectivity index (χ0) is 12.8. The van der Waals surface area contributed by atoms with E-state index in [2.05, 4.69) is 15.5 Å². The van der Waals surface area contributed by atoms with E-state index in [9.17, 15) is 4.79 Å². The van der Waals surface area contributed by atoms with Crippen LogP contribution in [-0.4, -0.2) is 17.1 Å². The fraction of sp³-hybridized carbons (Fsp3) is 0. The number of hydrazone groups is 1. The van der Waals surface area contributed by atoms with Crippen molar-refractivity contribution in [3.05, 3.63) is 64.9 Å². The van der Waals surface area contributed by atoms with E-state index in [1.807, 2.05) is 18.2 Å². The summed E-state index contributed by atoms with van der Waals surface area (Å²) in [6.45, 7) is 0. The lowest BCUT2D eigenvalue weighted by Gasteiger charge is -1.99. The zero-order valence-corrected chi connectivity index (χ0v) is 10.1. The molecule has 5 heteroatoms. The molecule has 1 aromatic heterocycles. The molecule has 0 aliphatic carbocycles. The Hall–Kier alpha value is -2.20. The molecule has 0 aliphatic rings. The minimum Gasteiger partial charge on any atom is -0.267 e. The van der Waals surface area contributed by atoms with Gasteiger partial charge in [0.2, 0.25) is 0 Å². The highest BCUT2D eigenvalue weighted by atomic mass is 35.5. The molecule has 0 saturated heterocycles. The number of pyridine rings is 1. The Labute approximate surface area is 109 Å². The molecule has 4 nitrogen and oxygen atoms in total. The molecule has 0 bridgehead atoms. The first kappa shape index (κ1) is 12.3. The Balaban J connectivity index is 2.00. The van der Waals surface area contributed by atoms with Crippen LogP contribution >= 0.6 is 11.6 Å². The summed E-state index contributed by atoms with van der Waals surface area (Å²) in [5.41, 5.74) is 3.60. The predicted molar refractivity (Wildman–Crippen MR) is 70.7 cm³/mol. The van der Waals surface area contributed by atoms with Gasteiger partial charge in [0.25, 0.3) is 5.91 Å². The molecule has 0 fully saturated rings. The molecule has 1 aromatic carbocycles. The van der Waals surface area contributed by atoms with Crippen LogP contribution in [0.1, 0.15) is 15.9 Å². The number of hydrogen-bond donors (Lipinski definition) is 1. The predicted octanol–water partition coefficient (Wildman–Crippen LogP) is 2.50. The number of hydrogen-bond acceptors (Lipinski definition) is 3. The molecule has 90 valence electrons. The Kier molecular flexibility index (Phi) is 4.04. The molecule has 0 atom stereocenters. The topological polar surface area (TPSA) is 54.4 Å². The molecule has 0 aliphatic heterocycles. The molecule has 2 aromatic rings. The lowest BCUT2D eigenvalue weighted by Crippen LogP contribution is -2.17. The third-order valence-electron chi connectivity index (χ3n) is 2.20. The number of carbonyl (C=O) groups excluding carboxylic acids is 1. The van der Waals surface area contributed by atoms with Gasteiger partial charge in [0, 0.05) is 23.0 Å². The number of nitrogens with zero attached hydrogens (tertiary/aromatic N) is 2. The van der Waals surface area contributed by atoms with E-state index >= 15 is 0 Å². The fourth-order valence-electron chi connectivity index (χ4n) is 1.30. The van der Waals surface area contributed by atoms with Crippen molar-refractivity contribution in [1.29, 1.82) is 0 Å². The maximum absolute atomic E-state index is 11.6. The standard InChI is InChI=1S/C13H10ClN3O/c14-12-6-2-1-4-10(12)9-16-17-13(18)11-5-3-7-15-8-11/h1-9H,(H,17,18). The largest absolute Gasteiger partial charge is 0.272 e. The summed E-state index contributed by atoms with van der Waals surface area (Å²) in [5.74, 6) is -0.314. The van der Waals surface area contributed by atoms with Gasteiger partial charge in [0.15, 0.2) is 0 Å². The van der Waals surface area contributed by atoms with Crippen molar-refractivity contribution in [2.24, 2.45) is 5.10 Å². The van der Waals surface area contributed by atoms with Crippen molar-refractivity contribution in [3.8, 4) is 0 Å². The zero-order valence-electron chi connectivity index (χ0n) is 9.38. The second-order valence-electron chi connectivity index (χ2n) is 3.46. The molecule has 0 spiro atoms. The second kappa shape index (κ2) is 5.93. The summed E-state index contributed by atoms with van der Waals surface area (Å²) in [6, 6.07) is 10.6. The Morgan fingerprint density at radius 2 is 2.11 bits per heavy atom. The number of halogens is 1. The highest BCUT2D eigenvalue weighted by molar-refractivity contribution is 6.33. The molecule has 18 heavy (non-hydrogen) atoms. The van der Waals surface area contributed by atoms with Crippen molar-refractivity contribution < 1.29 is 4.79 Å². The molecule has 2 rings (SSSR count). The van der Waals surface area contributed by atoms with Crippen LogP contribution in [-0.2, 0) is 0 Å². The Morgan fingerprint density at radius 3 is 2.83 bits per heavy atom. The molecule has 0 unspecified atom stereocenters. The van der Waals surface area contributed by atoms with Gasteiger partial charge in [-0.3, -0.25) is 9.78 Å². The van der Waals surface area contributed by atoms with Crippen molar-refractivity contribution in [2.45, 2.75) is 0 Å². The molecule has 1 amide bonds. The van der Waals surface area contributed by atoms with Gasteiger partial charge in [-0.1, -0.05) is 29.8 Å². The van der Waals surface area contributed by atoms with Crippen molar-refractivity contribution >= 4 is 23.7 Å². The van der Waals surface area contributed by atoms with Gasteiger partial charge in [0.05, 0.1) is 11.8 Å². The first-order valence-corrected chi connectivity index (χ1v) is 5.63. The Morgan fingerprint density at radius 1 is 1.28 bits per heavy atom. The highest BCUT2D eigenvalue weighted by Crippen LogP contribution is 2.12. The van der Waals surface area contributed by atoms with E-state index < -0.39 is 0 Å². The van der Waals surface area contributed by atoms with Gasteiger partial charge < -0.3 is 0 Å².